The molecule has 0 saturated carbocycles. The Morgan fingerprint density at radius 3 is 3.05 bits per heavy atom. The van der Waals surface area contributed by atoms with E-state index >= 15 is 0 Å². The van der Waals surface area contributed by atoms with E-state index in [2.05, 4.69) is 15.3 Å². The van der Waals surface area contributed by atoms with Gasteiger partial charge in [-0.05, 0) is 32.7 Å². The van der Waals surface area contributed by atoms with Crippen molar-refractivity contribution in [3.8, 4) is 11.3 Å². The Balaban J connectivity index is 0.00000176. The van der Waals surface area contributed by atoms with Gasteiger partial charge in [0.05, 0.1) is 18.5 Å². The van der Waals surface area contributed by atoms with Crippen molar-refractivity contribution in [3.63, 3.8) is 0 Å². The van der Waals surface area contributed by atoms with Gasteiger partial charge in [-0.15, -0.1) is 12.4 Å². The van der Waals surface area contributed by atoms with Gasteiger partial charge < -0.3 is 10.5 Å². The van der Waals surface area contributed by atoms with Gasteiger partial charge >= 0.3 is 5.97 Å². The predicted octanol–water partition coefficient (Wildman–Crippen LogP) is 1.32. The summed E-state index contributed by atoms with van der Waals surface area (Å²) in [4.78, 5) is 12.3. The number of halogens is 1. The van der Waals surface area contributed by atoms with Crippen molar-refractivity contribution in [3.05, 3.63) is 23.1 Å². The van der Waals surface area contributed by atoms with Gasteiger partial charge in [-0.1, -0.05) is 0 Å². The van der Waals surface area contributed by atoms with Gasteiger partial charge in [0, 0.05) is 23.4 Å². The summed E-state index contributed by atoms with van der Waals surface area (Å²) in [6, 6.07) is 0. The van der Waals surface area contributed by atoms with E-state index in [1.54, 1.807) is 17.8 Å². The van der Waals surface area contributed by atoms with Crippen LogP contribution in [0.4, 0.5) is 0 Å². The number of hydrogen-bond acceptors (Lipinski definition) is 5. The first-order valence-electron chi connectivity index (χ1n) is 7.25. The molecule has 0 aliphatic heterocycles. The number of aryl methyl sites for hydroxylation is 2. The molecule has 3 rings (SSSR count). The lowest BCUT2D eigenvalue weighted by atomic mass is 9.94. The van der Waals surface area contributed by atoms with Crippen LogP contribution in [0.5, 0.6) is 0 Å². The molecule has 22 heavy (non-hydrogen) atoms. The van der Waals surface area contributed by atoms with E-state index in [1.165, 1.54) is 0 Å². The van der Waals surface area contributed by atoms with Gasteiger partial charge in [0.1, 0.15) is 5.69 Å². The maximum Gasteiger partial charge on any atom is 0.356 e. The molecule has 3 N–H and O–H groups in total. The van der Waals surface area contributed by atoms with Gasteiger partial charge in [-0.2, -0.15) is 10.2 Å². The highest BCUT2D eigenvalue weighted by Gasteiger charge is 2.29. The van der Waals surface area contributed by atoms with Crippen molar-refractivity contribution in [2.24, 2.45) is 5.73 Å². The first-order valence-corrected chi connectivity index (χ1v) is 7.25. The number of nitrogens with zero attached hydrogens (tertiary/aromatic N) is 3. The summed E-state index contributed by atoms with van der Waals surface area (Å²) < 4.78 is 6.92. The first-order chi connectivity index (χ1) is 10.3. The smallest absolute Gasteiger partial charge is 0.356 e. The third kappa shape index (κ3) is 2.74. The second kappa shape index (κ2) is 6.93. The second-order valence-corrected chi connectivity index (χ2v) is 5.02. The van der Waals surface area contributed by atoms with Crippen molar-refractivity contribution < 1.29 is 9.53 Å². The molecule has 0 amide bonds. The number of carbonyl (C=O) groups is 1. The average molecular weight is 326 g/mol. The number of ether oxygens (including phenoxy) is 1. The molecule has 2 aromatic heterocycles. The molecule has 1 aliphatic rings. The topological polar surface area (TPSA) is 98.8 Å². The van der Waals surface area contributed by atoms with Crippen LogP contribution < -0.4 is 5.73 Å². The number of hydrogen-bond donors (Lipinski definition) is 2. The number of rotatable bonds is 5. The van der Waals surface area contributed by atoms with E-state index < -0.39 is 0 Å². The van der Waals surface area contributed by atoms with E-state index in [0.717, 1.165) is 41.8 Å². The van der Waals surface area contributed by atoms with Gasteiger partial charge in [0.25, 0.3) is 0 Å². The minimum atomic E-state index is -0.310. The number of carbonyl (C=O) groups excluding carboxylic acids is 1. The summed E-state index contributed by atoms with van der Waals surface area (Å²) in [7, 11) is 0. The Kier molecular flexibility index (Phi) is 5.20. The summed E-state index contributed by atoms with van der Waals surface area (Å²) in [5, 5.41) is 11.7. The summed E-state index contributed by atoms with van der Waals surface area (Å²) in [6.45, 7) is 3.33. The van der Waals surface area contributed by atoms with Gasteiger partial charge in [-0.3, -0.25) is 9.78 Å². The number of fused-ring (bicyclic) bond motifs is 3. The van der Waals surface area contributed by atoms with Crippen LogP contribution in [-0.2, 0) is 24.1 Å². The van der Waals surface area contributed by atoms with Crippen LogP contribution in [-0.4, -0.2) is 39.1 Å². The molecule has 2 aromatic rings. The van der Waals surface area contributed by atoms with E-state index in [9.17, 15) is 4.79 Å². The lowest BCUT2D eigenvalue weighted by molar-refractivity contribution is 0.0510. The second-order valence-electron chi connectivity index (χ2n) is 5.02. The maximum atomic E-state index is 12.3. The van der Waals surface area contributed by atoms with E-state index in [1.807, 2.05) is 0 Å². The number of nitrogens with one attached hydrogen (secondary N) is 1. The molecule has 0 aromatic carbocycles. The Morgan fingerprint density at radius 2 is 2.32 bits per heavy atom. The molecule has 0 bridgehead atoms. The highest BCUT2D eigenvalue weighted by molar-refractivity contribution is 5.92. The molecule has 0 fully saturated rings. The molecule has 7 nitrogen and oxygen atoms in total. The largest absolute Gasteiger partial charge is 0.461 e. The molecular weight excluding hydrogens is 306 g/mol. The fourth-order valence-corrected chi connectivity index (χ4v) is 2.74. The van der Waals surface area contributed by atoms with Crippen LogP contribution in [0, 0.1) is 0 Å². The predicted molar refractivity (Wildman–Crippen MR) is 84.1 cm³/mol. The first kappa shape index (κ1) is 16.5. The molecule has 0 unspecified atom stereocenters. The highest BCUT2D eigenvalue weighted by atomic mass is 35.5. The van der Waals surface area contributed by atoms with Crippen molar-refractivity contribution in [2.45, 2.75) is 32.7 Å². The molecule has 2 heterocycles. The molecule has 0 radical (unpaired) electrons. The Hall–Kier alpha value is -1.86. The highest BCUT2D eigenvalue weighted by Crippen LogP contribution is 2.33. The molecule has 0 spiro atoms. The van der Waals surface area contributed by atoms with Crippen molar-refractivity contribution in [1.82, 2.24) is 20.0 Å². The normalized spacial score (nSPS) is 12.3. The zero-order valence-corrected chi connectivity index (χ0v) is 13.3. The van der Waals surface area contributed by atoms with Crippen LogP contribution in [0.2, 0.25) is 0 Å². The Labute approximate surface area is 134 Å². The number of nitrogens with two attached hydrogens (primary N) is 1. The third-order valence-corrected chi connectivity index (χ3v) is 3.69. The fraction of sp³-hybridized carbons (Fsp3) is 0.500. The molecule has 0 saturated heterocycles. The summed E-state index contributed by atoms with van der Waals surface area (Å²) in [5.74, 6) is -0.310. The van der Waals surface area contributed by atoms with Gasteiger partial charge in [-0.25, -0.2) is 4.79 Å². The Morgan fingerprint density at radius 1 is 1.50 bits per heavy atom. The lowest BCUT2D eigenvalue weighted by Gasteiger charge is -2.11. The standard InChI is InChI=1S/C14H19N5O2.ClH/c1-2-21-14(20)13-9-4-5-11-10(8-16-17-11)12(9)18-19(13)7-3-6-15;/h8H,2-7,15H2,1H3,(H,16,17);1H. The maximum absolute atomic E-state index is 12.3. The average Bonchev–Trinajstić information content (AvgIpc) is 3.08. The van der Waals surface area contributed by atoms with Crippen LogP contribution in [0.3, 0.4) is 0 Å². The third-order valence-electron chi connectivity index (χ3n) is 3.69. The fourth-order valence-electron chi connectivity index (χ4n) is 2.74. The Bertz CT molecular complexity index is 664. The minimum Gasteiger partial charge on any atom is -0.461 e. The summed E-state index contributed by atoms with van der Waals surface area (Å²) in [5.41, 5.74) is 9.98. The summed E-state index contributed by atoms with van der Waals surface area (Å²) in [6.07, 6.45) is 4.13. The van der Waals surface area contributed by atoms with Crippen molar-refractivity contribution in [1.29, 1.82) is 0 Å². The lowest BCUT2D eigenvalue weighted by Crippen LogP contribution is -2.17. The van der Waals surface area contributed by atoms with Crippen molar-refractivity contribution >= 4 is 18.4 Å². The van der Waals surface area contributed by atoms with E-state index in [0.29, 0.717) is 25.4 Å². The van der Waals surface area contributed by atoms with Crippen LogP contribution in [0.25, 0.3) is 11.3 Å². The van der Waals surface area contributed by atoms with Crippen LogP contribution in [0.15, 0.2) is 6.20 Å². The zero-order valence-electron chi connectivity index (χ0n) is 12.5. The zero-order chi connectivity index (χ0) is 14.8. The molecule has 120 valence electrons. The molecule has 8 heteroatoms. The van der Waals surface area contributed by atoms with Crippen LogP contribution >= 0.6 is 12.4 Å². The minimum absolute atomic E-state index is 0. The number of esters is 1. The van der Waals surface area contributed by atoms with Gasteiger partial charge in [0.2, 0.25) is 0 Å². The van der Waals surface area contributed by atoms with Crippen molar-refractivity contribution in [2.75, 3.05) is 13.2 Å². The molecule has 0 atom stereocenters. The number of aromatic amines is 1. The molecular formula is C14H20ClN5O2. The van der Waals surface area contributed by atoms with E-state index in [-0.39, 0.29) is 18.4 Å². The van der Waals surface area contributed by atoms with E-state index in [4.69, 9.17) is 10.5 Å². The summed E-state index contributed by atoms with van der Waals surface area (Å²) >= 11 is 0. The van der Waals surface area contributed by atoms with Gasteiger partial charge in [0.15, 0.2) is 0 Å². The quantitative estimate of drug-likeness (QED) is 0.808. The van der Waals surface area contributed by atoms with Crippen LogP contribution in [0.1, 0.15) is 35.1 Å². The SMILES string of the molecule is CCOC(=O)c1c2c(nn1CCCN)-c1cn[nH]c1CC2.Cl. The monoisotopic (exact) mass is 325 g/mol. The number of H-pyrrole nitrogens is 1. The molecule has 1 aliphatic carbocycles. The number of aromatic nitrogens is 4.